The minimum atomic E-state index is -0.439. The van der Waals surface area contributed by atoms with Crippen molar-refractivity contribution in [3.8, 4) is 0 Å². The van der Waals surface area contributed by atoms with E-state index in [2.05, 4.69) is 57.7 Å². The molecular weight excluding hydrogens is 346 g/mol. The van der Waals surface area contributed by atoms with Crippen LogP contribution in [0.15, 0.2) is 42.5 Å². The topological polar surface area (TPSA) is 54.5 Å². The predicted octanol–water partition coefficient (Wildman–Crippen LogP) is 4.42. The van der Waals surface area contributed by atoms with Gasteiger partial charge in [-0.3, -0.25) is 10.2 Å². The highest BCUT2D eigenvalue weighted by Gasteiger charge is 2.22. The van der Waals surface area contributed by atoms with Crippen LogP contribution in [0.5, 0.6) is 0 Å². The maximum Gasteiger partial charge on any atom is 0.413 e. The molecule has 0 saturated carbocycles. The molecule has 26 heavy (non-hydrogen) atoms. The Hall–Kier alpha value is -2.44. The molecule has 2 aromatic carbocycles. The fourth-order valence-corrected chi connectivity index (χ4v) is 4.40. The maximum atomic E-state index is 11.6. The number of benzene rings is 2. The highest BCUT2D eigenvalue weighted by Crippen LogP contribution is 2.30. The Morgan fingerprint density at radius 3 is 3.00 bits per heavy atom. The number of carbonyl (C=O) groups is 1. The lowest BCUT2D eigenvalue weighted by molar-refractivity contribution is 0.168. The number of anilines is 1. The standard InChI is InChI=1S/C20H21N3O2S/c1-2-25-20(24)22-19-21-17-10-11-23(13-18(17)26-19)12-15-8-5-7-14-6-3-4-9-16(14)15/h3-9H,2,10-13H2,1H3,(H,21,22,24). The van der Waals surface area contributed by atoms with Crippen molar-refractivity contribution in [2.75, 3.05) is 18.5 Å². The molecule has 0 bridgehead atoms. The van der Waals surface area contributed by atoms with Gasteiger partial charge in [0.15, 0.2) is 5.13 Å². The Kier molecular flexibility index (Phi) is 4.86. The molecular formula is C20H21N3O2S. The number of carbonyl (C=O) groups excluding carboxylic acids is 1. The Morgan fingerprint density at radius 1 is 1.27 bits per heavy atom. The first-order valence-corrected chi connectivity index (χ1v) is 9.66. The summed E-state index contributed by atoms with van der Waals surface area (Å²) in [5, 5.41) is 5.94. The first kappa shape index (κ1) is 17.0. The molecule has 4 rings (SSSR count). The first-order valence-electron chi connectivity index (χ1n) is 8.84. The molecule has 5 nitrogen and oxygen atoms in total. The van der Waals surface area contributed by atoms with E-state index in [1.165, 1.54) is 21.2 Å². The van der Waals surface area contributed by atoms with E-state index in [1.54, 1.807) is 18.3 Å². The molecule has 1 aliphatic rings. The van der Waals surface area contributed by atoms with Crippen LogP contribution in [0, 0.1) is 0 Å². The Morgan fingerprint density at radius 2 is 2.12 bits per heavy atom. The number of rotatable bonds is 4. The number of fused-ring (bicyclic) bond motifs is 2. The van der Waals surface area contributed by atoms with Crippen LogP contribution >= 0.6 is 11.3 Å². The van der Waals surface area contributed by atoms with Crippen molar-refractivity contribution in [2.45, 2.75) is 26.4 Å². The Labute approximate surface area is 156 Å². The number of thiazole rings is 1. The summed E-state index contributed by atoms with van der Waals surface area (Å²) in [6.07, 6.45) is 0.465. The fourth-order valence-electron chi connectivity index (χ4n) is 3.36. The monoisotopic (exact) mass is 367 g/mol. The van der Waals surface area contributed by atoms with Crippen LogP contribution in [0.3, 0.4) is 0 Å². The molecule has 0 spiro atoms. The lowest BCUT2D eigenvalue weighted by Gasteiger charge is -2.26. The summed E-state index contributed by atoms with van der Waals surface area (Å²) >= 11 is 1.54. The van der Waals surface area contributed by atoms with Crippen LogP contribution in [0.2, 0.25) is 0 Å². The van der Waals surface area contributed by atoms with Crippen LogP contribution in [0.25, 0.3) is 10.8 Å². The first-order chi connectivity index (χ1) is 12.7. The molecule has 0 unspecified atom stereocenters. The van der Waals surface area contributed by atoms with Gasteiger partial charge in [0.25, 0.3) is 0 Å². The van der Waals surface area contributed by atoms with Crippen LogP contribution in [-0.2, 0) is 24.2 Å². The lowest BCUT2D eigenvalue weighted by atomic mass is 10.0. The number of hydrogen-bond acceptors (Lipinski definition) is 5. The molecule has 6 heteroatoms. The van der Waals surface area contributed by atoms with E-state index in [1.807, 2.05) is 0 Å². The van der Waals surface area contributed by atoms with Crippen molar-refractivity contribution in [2.24, 2.45) is 0 Å². The second-order valence-electron chi connectivity index (χ2n) is 6.33. The van der Waals surface area contributed by atoms with Gasteiger partial charge in [-0.15, -0.1) is 0 Å². The summed E-state index contributed by atoms with van der Waals surface area (Å²) in [7, 11) is 0. The van der Waals surface area contributed by atoms with Crippen molar-refractivity contribution in [3.05, 3.63) is 58.6 Å². The number of hydrogen-bond donors (Lipinski definition) is 1. The summed E-state index contributed by atoms with van der Waals surface area (Å²) < 4.78 is 4.93. The summed E-state index contributed by atoms with van der Waals surface area (Å²) in [5.41, 5.74) is 2.44. The molecule has 0 atom stereocenters. The number of amides is 1. The summed E-state index contributed by atoms with van der Waals surface area (Å²) in [5.74, 6) is 0. The van der Waals surface area contributed by atoms with Gasteiger partial charge in [-0.1, -0.05) is 53.8 Å². The van der Waals surface area contributed by atoms with Gasteiger partial charge in [0.05, 0.1) is 12.3 Å². The summed E-state index contributed by atoms with van der Waals surface area (Å²) in [4.78, 5) is 19.8. The van der Waals surface area contributed by atoms with Gasteiger partial charge in [0.2, 0.25) is 0 Å². The maximum absolute atomic E-state index is 11.6. The van der Waals surface area contributed by atoms with Crippen LogP contribution in [0.4, 0.5) is 9.93 Å². The van der Waals surface area contributed by atoms with Crippen LogP contribution < -0.4 is 5.32 Å². The minimum Gasteiger partial charge on any atom is -0.450 e. The highest BCUT2D eigenvalue weighted by molar-refractivity contribution is 7.15. The normalized spacial score (nSPS) is 14.2. The van der Waals surface area contributed by atoms with E-state index >= 15 is 0 Å². The Bertz CT molecular complexity index is 932. The van der Waals surface area contributed by atoms with E-state index in [-0.39, 0.29) is 0 Å². The molecule has 1 amide bonds. The van der Waals surface area contributed by atoms with Gasteiger partial charge in [-0.2, -0.15) is 0 Å². The van der Waals surface area contributed by atoms with Crippen LogP contribution in [-0.4, -0.2) is 29.1 Å². The zero-order valence-electron chi connectivity index (χ0n) is 14.7. The second-order valence-corrected chi connectivity index (χ2v) is 7.42. The van der Waals surface area contributed by atoms with Gasteiger partial charge in [-0.25, -0.2) is 9.78 Å². The van der Waals surface area contributed by atoms with E-state index in [9.17, 15) is 4.79 Å². The van der Waals surface area contributed by atoms with Gasteiger partial charge in [0.1, 0.15) is 0 Å². The van der Waals surface area contributed by atoms with Crippen molar-refractivity contribution < 1.29 is 9.53 Å². The molecule has 134 valence electrons. The third-order valence-electron chi connectivity index (χ3n) is 4.57. The second kappa shape index (κ2) is 7.43. The average molecular weight is 367 g/mol. The van der Waals surface area contributed by atoms with Crippen molar-refractivity contribution >= 4 is 33.3 Å². The fraction of sp³-hybridized carbons (Fsp3) is 0.300. The van der Waals surface area contributed by atoms with Crippen molar-refractivity contribution in [3.63, 3.8) is 0 Å². The largest absolute Gasteiger partial charge is 0.450 e. The van der Waals surface area contributed by atoms with Gasteiger partial charge < -0.3 is 4.74 Å². The number of nitrogens with one attached hydrogen (secondary N) is 1. The molecule has 1 aromatic heterocycles. The number of nitrogens with zero attached hydrogens (tertiary/aromatic N) is 2. The van der Waals surface area contributed by atoms with Gasteiger partial charge in [-0.05, 0) is 23.3 Å². The molecule has 0 radical (unpaired) electrons. The summed E-state index contributed by atoms with van der Waals surface area (Å²) in [6.45, 7) is 4.90. The zero-order chi connectivity index (χ0) is 17.9. The van der Waals surface area contributed by atoms with Gasteiger partial charge in [0, 0.05) is 30.9 Å². The smallest absolute Gasteiger partial charge is 0.413 e. The number of ether oxygens (including phenoxy) is 1. The zero-order valence-corrected chi connectivity index (χ0v) is 15.5. The lowest BCUT2D eigenvalue weighted by Crippen LogP contribution is -2.29. The minimum absolute atomic E-state index is 0.357. The summed E-state index contributed by atoms with van der Waals surface area (Å²) in [6, 6.07) is 15.0. The third-order valence-corrected chi connectivity index (χ3v) is 5.57. The van der Waals surface area contributed by atoms with Gasteiger partial charge >= 0.3 is 6.09 Å². The van der Waals surface area contributed by atoms with Crippen LogP contribution in [0.1, 0.15) is 23.1 Å². The number of aromatic nitrogens is 1. The van der Waals surface area contributed by atoms with E-state index in [0.29, 0.717) is 11.7 Å². The molecule has 3 aromatic rings. The quantitative estimate of drug-likeness (QED) is 0.741. The SMILES string of the molecule is CCOC(=O)Nc1nc2c(s1)CN(Cc1cccc3ccccc13)CC2. The van der Waals surface area contributed by atoms with E-state index in [0.717, 1.165) is 31.7 Å². The molecule has 0 aliphatic carbocycles. The molecule has 1 N–H and O–H groups in total. The average Bonchev–Trinajstić information content (AvgIpc) is 3.03. The Balaban J connectivity index is 1.48. The van der Waals surface area contributed by atoms with Crippen molar-refractivity contribution in [1.29, 1.82) is 0 Å². The van der Waals surface area contributed by atoms with Crippen molar-refractivity contribution in [1.82, 2.24) is 9.88 Å². The molecule has 0 saturated heterocycles. The molecule has 0 fully saturated rings. The molecule has 1 aliphatic heterocycles. The predicted molar refractivity (Wildman–Crippen MR) is 105 cm³/mol. The highest BCUT2D eigenvalue weighted by atomic mass is 32.1. The van der Waals surface area contributed by atoms with E-state index < -0.39 is 6.09 Å². The third kappa shape index (κ3) is 3.57. The molecule has 2 heterocycles. The van der Waals surface area contributed by atoms with E-state index in [4.69, 9.17) is 4.74 Å².